The Kier molecular flexibility index (Phi) is 4.26. The zero-order chi connectivity index (χ0) is 18.0. The normalized spacial score (nSPS) is 12.0. The average Bonchev–Trinajstić information content (AvgIpc) is 2.90. The summed E-state index contributed by atoms with van der Waals surface area (Å²) < 4.78 is 40.4. The number of rotatable bonds is 3. The van der Waals surface area contributed by atoms with Gasteiger partial charge in [0.1, 0.15) is 11.3 Å². The number of aryl methyl sites for hydroxylation is 1. The number of pyridine rings is 1. The van der Waals surface area contributed by atoms with Gasteiger partial charge in [-0.25, -0.2) is 10.4 Å². The molecule has 0 spiro atoms. The van der Waals surface area contributed by atoms with Gasteiger partial charge in [0.15, 0.2) is 0 Å². The number of hydrogen-bond donors (Lipinski definition) is 1. The lowest BCUT2D eigenvalue weighted by molar-refractivity contribution is -0.137. The largest absolute Gasteiger partial charge is 0.417 e. The van der Waals surface area contributed by atoms with Crippen molar-refractivity contribution in [2.24, 2.45) is 5.10 Å². The lowest BCUT2D eigenvalue weighted by Crippen LogP contribution is -2.20. The number of fused-ring (bicyclic) bond motifs is 1. The number of aromatic nitrogens is 2. The number of hydrogen-bond acceptors (Lipinski definition) is 3. The smallest absolute Gasteiger partial charge is 0.295 e. The second kappa shape index (κ2) is 6.39. The van der Waals surface area contributed by atoms with Crippen LogP contribution in [0.1, 0.15) is 27.3 Å². The molecule has 2 heterocycles. The number of carbonyl (C=O) groups excluding carboxylic acids is 1. The van der Waals surface area contributed by atoms with E-state index in [2.05, 4.69) is 15.5 Å². The van der Waals surface area contributed by atoms with Crippen molar-refractivity contribution in [1.82, 2.24) is 14.8 Å². The number of benzene rings is 1. The highest BCUT2D eigenvalue weighted by atomic mass is 19.4. The van der Waals surface area contributed by atoms with Crippen molar-refractivity contribution < 1.29 is 18.0 Å². The van der Waals surface area contributed by atoms with Gasteiger partial charge in [-0.05, 0) is 25.1 Å². The number of nitrogens with one attached hydrogen (secondary N) is 1. The maximum Gasteiger partial charge on any atom is 0.417 e. The Labute approximate surface area is 140 Å². The van der Waals surface area contributed by atoms with Crippen LogP contribution >= 0.6 is 0 Å². The predicted octanol–water partition coefficient (Wildman–Crippen LogP) is 3.43. The number of nitrogens with zero attached hydrogens (tertiary/aromatic N) is 3. The Bertz CT molecular complexity index is 960. The molecule has 8 heteroatoms. The van der Waals surface area contributed by atoms with E-state index in [-0.39, 0.29) is 11.3 Å². The molecule has 0 saturated heterocycles. The van der Waals surface area contributed by atoms with E-state index in [9.17, 15) is 18.0 Å². The molecular weight excluding hydrogens is 333 g/mol. The second-order valence-corrected chi connectivity index (χ2v) is 5.26. The van der Waals surface area contributed by atoms with Crippen LogP contribution in [-0.4, -0.2) is 21.5 Å². The monoisotopic (exact) mass is 346 g/mol. The van der Waals surface area contributed by atoms with Crippen molar-refractivity contribution in [2.45, 2.75) is 13.1 Å². The van der Waals surface area contributed by atoms with Gasteiger partial charge in [0.05, 0.1) is 17.5 Å². The lowest BCUT2D eigenvalue weighted by atomic mass is 10.1. The van der Waals surface area contributed by atoms with Gasteiger partial charge >= 0.3 is 6.18 Å². The number of hydrazone groups is 1. The maximum absolute atomic E-state index is 12.9. The number of imidazole rings is 1. The van der Waals surface area contributed by atoms with E-state index in [0.717, 1.165) is 12.3 Å². The quantitative estimate of drug-likeness (QED) is 0.583. The molecule has 25 heavy (non-hydrogen) atoms. The number of carbonyl (C=O) groups is 1. The van der Waals surface area contributed by atoms with Crippen molar-refractivity contribution >= 4 is 17.8 Å². The van der Waals surface area contributed by atoms with Crippen molar-refractivity contribution in [3.63, 3.8) is 0 Å². The first kappa shape index (κ1) is 16.7. The number of amides is 1. The fourth-order valence-electron chi connectivity index (χ4n) is 2.47. The first-order valence-electron chi connectivity index (χ1n) is 7.31. The molecule has 0 aliphatic carbocycles. The van der Waals surface area contributed by atoms with Crippen LogP contribution in [0.3, 0.4) is 0 Å². The molecule has 0 bridgehead atoms. The van der Waals surface area contributed by atoms with Crippen LogP contribution in [0, 0.1) is 6.92 Å². The highest BCUT2D eigenvalue weighted by molar-refractivity contribution is 5.95. The van der Waals surface area contributed by atoms with Gasteiger partial charge in [-0.15, -0.1) is 0 Å². The fourth-order valence-corrected chi connectivity index (χ4v) is 2.47. The molecule has 2 aromatic heterocycles. The molecule has 0 unspecified atom stereocenters. The minimum absolute atomic E-state index is 0.134. The molecule has 5 nitrogen and oxygen atoms in total. The molecule has 0 aliphatic heterocycles. The third kappa shape index (κ3) is 3.37. The van der Waals surface area contributed by atoms with Gasteiger partial charge in [0.25, 0.3) is 5.91 Å². The molecular formula is C17H13F3N4O. The van der Waals surface area contributed by atoms with Gasteiger partial charge in [-0.3, -0.25) is 9.20 Å². The molecule has 0 fully saturated rings. The molecule has 128 valence electrons. The molecule has 0 aliphatic rings. The molecule has 1 amide bonds. The summed E-state index contributed by atoms with van der Waals surface area (Å²) in [5, 5.41) is 3.65. The molecule has 0 radical (unpaired) electrons. The van der Waals surface area contributed by atoms with Crippen LogP contribution in [0.5, 0.6) is 0 Å². The molecule has 0 atom stereocenters. The summed E-state index contributed by atoms with van der Waals surface area (Å²) in [6, 6.07) is 10.3. The SMILES string of the molecule is Cc1nc2ccccn2c1C(=O)N/N=C\c1ccccc1C(F)(F)F. The summed E-state index contributed by atoms with van der Waals surface area (Å²) in [5.74, 6) is -0.558. The molecule has 1 aromatic carbocycles. The Hall–Kier alpha value is -3.16. The predicted molar refractivity (Wildman–Crippen MR) is 86.4 cm³/mol. The van der Waals surface area contributed by atoms with Crippen molar-refractivity contribution in [2.75, 3.05) is 0 Å². The van der Waals surface area contributed by atoms with Gasteiger partial charge in [-0.2, -0.15) is 18.3 Å². The topological polar surface area (TPSA) is 58.8 Å². The summed E-state index contributed by atoms with van der Waals surface area (Å²) in [6.45, 7) is 1.67. The van der Waals surface area contributed by atoms with Crippen LogP contribution in [0.15, 0.2) is 53.8 Å². The van der Waals surface area contributed by atoms with Crippen molar-refractivity contribution in [3.8, 4) is 0 Å². The van der Waals surface area contributed by atoms with Crippen LogP contribution < -0.4 is 5.43 Å². The molecule has 3 aromatic rings. The standard InChI is InChI=1S/C17H13F3N4O/c1-11-15(24-9-5-4-8-14(24)22-11)16(25)23-21-10-12-6-2-3-7-13(12)17(18,19)20/h2-10H,1H3,(H,23,25)/b21-10-. The second-order valence-electron chi connectivity index (χ2n) is 5.26. The van der Waals surface area contributed by atoms with E-state index in [1.807, 2.05) is 0 Å². The Balaban J connectivity index is 1.83. The van der Waals surface area contributed by atoms with Crippen LogP contribution in [0.4, 0.5) is 13.2 Å². The summed E-state index contributed by atoms with van der Waals surface area (Å²) in [4.78, 5) is 16.6. The minimum Gasteiger partial charge on any atom is -0.295 e. The molecule has 3 rings (SSSR count). The van der Waals surface area contributed by atoms with Crippen molar-refractivity contribution in [3.05, 3.63) is 71.2 Å². The highest BCUT2D eigenvalue weighted by Gasteiger charge is 2.32. The highest BCUT2D eigenvalue weighted by Crippen LogP contribution is 2.31. The Morgan fingerprint density at radius 1 is 1.20 bits per heavy atom. The minimum atomic E-state index is -4.50. The summed E-state index contributed by atoms with van der Waals surface area (Å²) in [6.07, 6.45) is -1.85. The van der Waals surface area contributed by atoms with Crippen LogP contribution in [0.2, 0.25) is 0 Å². The van der Waals surface area contributed by atoms with Crippen molar-refractivity contribution in [1.29, 1.82) is 0 Å². The van der Waals surface area contributed by atoms with Crippen LogP contribution in [-0.2, 0) is 6.18 Å². The van der Waals surface area contributed by atoms with Gasteiger partial charge in [0.2, 0.25) is 0 Å². The van der Waals surface area contributed by atoms with E-state index < -0.39 is 17.6 Å². The Morgan fingerprint density at radius 3 is 2.68 bits per heavy atom. The third-order valence-electron chi connectivity index (χ3n) is 3.56. The number of alkyl halides is 3. The average molecular weight is 346 g/mol. The van der Waals surface area contributed by atoms with E-state index in [0.29, 0.717) is 11.3 Å². The van der Waals surface area contributed by atoms with Gasteiger partial charge in [-0.1, -0.05) is 24.3 Å². The summed E-state index contributed by atoms with van der Waals surface area (Å²) in [5.41, 5.74) is 2.66. The van der Waals surface area contributed by atoms with E-state index in [4.69, 9.17) is 0 Å². The number of halogens is 3. The lowest BCUT2D eigenvalue weighted by Gasteiger charge is -2.09. The van der Waals surface area contributed by atoms with Gasteiger partial charge in [0, 0.05) is 11.8 Å². The Morgan fingerprint density at radius 2 is 1.92 bits per heavy atom. The fraction of sp³-hybridized carbons (Fsp3) is 0.118. The van der Waals surface area contributed by atoms with Gasteiger partial charge < -0.3 is 0 Å². The summed E-state index contributed by atoms with van der Waals surface area (Å²) >= 11 is 0. The summed E-state index contributed by atoms with van der Waals surface area (Å²) in [7, 11) is 0. The zero-order valence-corrected chi connectivity index (χ0v) is 13.1. The van der Waals surface area contributed by atoms with E-state index in [1.165, 1.54) is 18.2 Å². The zero-order valence-electron chi connectivity index (χ0n) is 13.1. The van der Waals surface area contributed by atoms with Crippen LogP contribution in [0.25, 0.3) is 5.65 Å². The first-order valence-corrected chi connectivity index (χ1v) is 7.31. The molecule has 1 N–H and O–H groups in total. The van der Waals surface area contributed by atoms with E-state index >= 15 is 0 Å². The molecule has 0 saturated carbocycles. The first-order chi connectivity index (χ1) is 11.9. The van der Waals surface area contributed by atoms with E-state index in [1.54, 1.807) is 35.7 Å². The maximum atomic E-state index is 12.9. The third-order valence-corrected chi connectivity index (χ3v) is 3.56.